The second-order valence-electron chi connectivity index (χ2n) is 6.34. The highest BCUT2D eigenvalue weighted by Crippen LogP contribution is 2.11. The van der Waals surface area contributed by atoms with Gasteiger partial charge in [-0.25, -0.2) is 4.79 Å². The number of carbonyl (C=O) groups excluding carboxylic acids is 1. The Labute approximate surface area is 128 Å². The Bertz CT molecular complexity index is 426. The number of ether oxygens (including phenoxy) is 1. The maximum atomic E-state index is 11.8. The summed E-state index contributed by atoms with van der Waals surface area (Å²) in [5.74, 6) is 0. The standard InChI is InChI=1S/C17H28N2O2/c1-14(15-10-7-6-8-11-15)18-12-9-13-19(5)16(20)21-17(2,3)4/h6-8,10-11,14,18H,9,12-13H2,1-5H3. The molecule has 0 radical (unpaired) electrons. The zero-order valence-corrected chi connectivity index (χ0v) is 13.8. The molecule has 1 aromatic carbocycles. The van der Waals surface area contributed by atoms with Crippen LogP contribution in [0.2, 0.25) is 0 Å². The van der Waals surface area contributed by atoms with Crippen molar-refractivity contribution >= 4 is 6.09 Å². The van der Waals surface area contributed by atoms with Crippen LogP contribution < -0.4 is 5.32 Å². The lowest BCUT2D eigenvalue weighted by Crippen LogP contribution is -2.35. The molecule has 1 rings (SSSR count). The molecule has 0 spiro atoms. The van der Waals surface area contributed by atoms with E-state index in [1.165, 1.54) is 5.56 Å². The van der Waals surface area contributed by atoms with E-state index < -0.39 is 5.60 Å². The highest BCUT2D eigenvalue weighted by molar-refractivity contribution is 5.67. The monoisotopic (exact) mass is 292 g/mol. The quantitative estimate of drug-likeness (QED) is 0.815. The van der Waals surface area contributed by atoms with E-state index in [0.717, 1.165) is 13.0 Å². The first-order valence-corrected chi connectivity index (χ1v) is 7.52. The van der Waals surface area contributed by atoms with Gasteiger partial charge in [0.1, 0.15) is 5.60 Å². The van der Waals surface area contributed by atoms with Crippen molar-refractivity contribution < 1.29 is 9.53 Å². The summed E-state index contributed by atoms with van der Waals surface area (Å²) in [4.78, 5) is 13.4. The molecular formula is C17H28N2O2. The third-order valence-corrected chi connectivity index (χ3v) is 3.13. The second-order valence-corrected chi connectivity index (χ2v) is 6.34. The maximum Gasteiger partial charge on any atom is 0.410 e. The van der Waals surface area contributed by atoms with Gasteiger partial charge < -0.3 is 15.0 Å². The summed E-state index contributed by atoms with van der Waals surface area (Å²) in [6.07, 6.45) is 0.631. The van der Waals surface area contributed by atoms with Gasteiger partial charge in [0.05, 0.1) is 0 Å². The van der Waals surface area contributed by atoms with E-state index in [4.69, 9.17) is 4.74 Å². The molecule has 4 heteroatoms. The lowest BCUT2D eigenvalue weighted by molar-refractivity contribution is 0.0297. The fourth-order valence-corrected chi connectivity index (χ4v) is 1.93. The number of hydrogen-bond acceptors (Lipinski definition) is 3. The molecule has 1 amide bonds. The van der Waals surface area contributed by atoms with Crippen molar-refractivity contribution in [2.45, 2.75) is 45.8 Å². The fraction of sp³-hybridized carbons (Fsp3) is 0.588. The zero-order chi connectivity index (χ0) is 15.9. The Kier molecular flexibility index (Phi) is 6.69. The molecule has 0 fully saturated rings. The minimum atomic E-state index is -0.439. The highest BCUT2D eigenvalue weighted by atomic mass is 16.6. The molecule has 0 saturated carbocycles. The van der Waals surface area contributed by atoms with Gasteiger partial charge in [-0.05, 0) is 46.2 Å². The van der Waals surface area contributed by atoms with Gasteiger partial charge >= 0.3 is 6.09 Å². The van der Waals surface area contributed by atoms with Crippen molar-refractivity contribution in [3.05, 3.63) is 35.9 Å². The number of amides is 1. The van der Waals surface area contributed by atoms with E-state index in [2.05, 4.69) is 24.4 Å². The summed E-state index contributed by atoms with van der Waals surface area (Å²) in [6, 6.07) is 10.7. The summed E-state index contributed by atoms with van der Waals surface area (Å²) in [7, 11) is 1.77. The van der Waals surface area contributed by atoms with Crippen LogP contribution in [-0.2, 0) is 4.74 Å². The first-order chi connectivity index (χ1) is 9.79. The lowest BCUT2D eigenvalue weighted by Gasteiger charge is -2.24. The summed E-state index contributed by atoms with van der Waals surface area (Å²) >= 11 is 0. The molecule has 4 nitrogen and oxygen atoms in total. The van der Waals surface area contributed by atoms with E-state index >= 15 is 0 Å². The molecule has 0 aliphatic carbocycles. The molecular weight excluding hydrogens is 264 g/mol. The minimum Gasteiger partial charge on any atom is -0.444 e. The van der Waals surface area contributed by atoms with Gasteiger partial charge in [0.2, 0.25) is 0 Å². The molecule has 1 aromatic rings. The molecule has 21 heavy (non-hydrogen) atoms. The normalized spacial score (nSPS) is 12.8. The van der Waals surface area contributed by atoms with Gasteiger partial charge in [-0.2, -0.15) is 0 Å². The van der Waals surface area contributed by atoms with Gasteiger partial charge in [0.15, 0.2) is 0 Å². The summed E-state index contributed by atoms with van der Waals surface area (Å²) in [6.45, 7) is 9.32. The zero-order valence-electron chi connectivity index (χ0n) is 13.8. The first kappa shape index (κ1) is 17.5. The van der Waals surface area contributed by atoms with Crippen molar-refractivity contribution in [2.24, 2.45) is 0 Å². The number of nitrogens with zero attached hydrogens (tertiary/aromatic N) is 1. The van der Waals surface area contributed by atoms with Gasteiger partial charge in [0.25, 0.3) is 0 Å². The summed E-state index contributed by atoms with van der Waals surface area (Å²) in [5.41, 5.74) is 0.837. The van der Waals surface area contributed by atoms with Crippen molar-refractivity contribution in [2.75, 3.05) is 20.1 Å². The second kappa shape index (κ2) is 8.03. The van der Waals surface area contributed by atoms with E-state index in [1.54, 1.807) is 11.9 Å². The van der Waals surface area contributed by atoms with Gasteiger partial charge in [-0.15, -0.1) is 0 Å². The minimum absolute atomic E-state index is 0.265. The van der Waals surface area contributed by atoms with E-state index in [0.29, 0.717) is 12.6 Å². The van der Waals surface area contributed by atoms with Crippen LogP contribution in [-0.4, -0.2) is 36.7 Å². The number of hydrogen-bond donors (Lipinski definition) is 1. The molecule has 0 saturated heterocycles. The van der Waals surface area contributed by atoms with Crippen LogP contribution in [0.3, 0.4) is 0 Å². The lowest BCUT2D eigenvalue weighted by atomic mass is 10.1. The van der Waals surface area contributed by atoms with Crippen molar-refractivity contribution in [3.63, 3.8) is 0 Å². The largest absolute Gasteiger partial charge is 0.444 e. The van der Waals surface area contributed by atoms with Crippen LogP contribution in [0.25, 0.3) is 0 Å². The van der Waals surface area contributed by atoms with Crippen LogP contribution in [0.1, 0.15) is 45.7 Å². The van der Waals surface area contributed by atoms with Gasteiger partial charge in [-0.3, -0.25) is 0 Å². The van der Waals surface area contributed by atoms with Gasteiger partial charge in [0, 0.05) is 19.6 Å². The molecule has 1 unspecified atom stereocenters. The van der Waals surface area contributed by atoms with Gasteiger partial charge in [-0.1, -0.05) is 30.3 Å². The Morgan fingerprint density at radius 1 is 1.29 bits per heavy atom. The maximum absolute atomic E-state index is 11.8. The van der Waals surface area contributed by atoms with Crippen molar-refractivity contribution in [3.8, 4) is 0 Å². The SMILES string of the molecule is CC(NCCCN(C)C(=O)OC(C)(C)C)c1ccccc1. The Hall–Kier alpha value is -1.55. The topological polar surface area (TPSA) is 41.6 Å². The van der Waals surface area contributed by atoms with Crippen LogP contribution >= 0.6 is 0 Å². The number of rotatable bonds is 6. The molecule has 1 N–H and O–H groups in total. The molecule has 0 aliphatic rings. The van der Waals surface area contributed by atoms with Crippen LogP contribution in [0.15, 0.2) is 30.3 Å². The van der Waals surface area contributed by atoms with E-state index in [-0.39, 0.29) is 6.09 Å². The van der Waals surface area contributed by atoms with Crippen LogP contribution in [0, 0.1) is 0 Å². The van der Waals surface area contributed by atoms with Crippen molar-refractivity contribution in [1.82, 2.24) is 10.2 Å². The predicted octanol–water partition coefficient (Wildman–Crippen LogP) is 3.59. The molecule has 118 valence electrons. The van der Waals surface area contributed by atoms with Crippen molar-refractivity contribution in [1.29, 1.82) is 0 Å². The Morgan fingerprint density at radius 3 is 2.48 bits per heavy atom. The smallest absolute Gasteiger partial charge is 0.410 e. The average molecular weight is 292 g/mol. The molecule has 0 heterocycles. The Morgan fingerprint density at radius 2 is 1.90 bits per heavy atom. The summed E-state index contributed by atoms with van der Waals surface area (Å²) < 4.78 is 5.31. The average Bonchev–Trinajstić information content (AvgIpc) is 2.42. The third kappa shape index (κ3) is 7.14. The highest BCUT2D eigenvalue weighted by Gasteiger charge is 2.19. The summed E-state index contributed by atoms with van der Waals surface area (Å²) in [5, 5.41) is 3.46. The first-order valence-electron chi connectivity index (χ1n) is 7.52. The predicted molar refractivity (Wildman–Crippen MR) is 86.3 cm³/mol. The number of nitrogens with one attached hydrogen (secondary N) is 1. The number of benzene rings is 1. The third-order valence-electron chi connectivity index (χ3n) is 3.13. The molecule has 1 atom stereocenters. The number of carbonyl (C=O) groups is 1. The van der Waals surface area contributed by atoms with E-state index in [1.807, 2.05) is 39.0 Å². The van der Waals surface area contributed by atoms with Crippen LogP contribution in [0.5, 0.6) is 0 Å². The Balaban J connectivity index is 2.23. The van der Waals surface area contributed by atoms with Crippen LogP contribution in [0.4, 0.5) is 4.79 Å². The van der Waals surface area contributed by atoms with E-state index in [9.17, 15) is 4.79 Å². The fourth-order valence-electron chi connectivity index (χ4n) is 1.93. The molecule has 0 aromatic heterocycles. The molecule has 0 aliphatic heterocycles. The molecule has 0 bridgehead atoms.